The molecule has 3 aromatic rings. The molecule has 4 heterocycles. The summed E-state index contributed by atoms with van der Waals surface area (Å²) >= 11 is 1.17. The van der Waals surface area contributed by atoms with Crippen molar-refractivity contribution < 1.29 is 13.9 Å². The van der Waals surface area contributed by atoms with Crippen molar-refractivity contribution in [1.29, 1.82) is 0 Å². The molecular weight excluding hydrogens is 371 g/mol. The Balaban J connectivity index is 1.40. The molecule has 4 rings (SSSR count). The normalized spacial score (nSPS) is 20.3. The van der Waals surface area contributed by atoms with E-state index in [0.29, 0.717) is 18.0 Å². The topological polar surface area (TPSA) is 84.7 Å². The summed E-state index contributed by atoms with van der Waals surface area (Å²) in [7, 11) is 0. The molecule has 1 amide bonds. The van der Waals surface area contributed by atoms with E-state index in [4.69, 9.17) is 4.74 Å². The molecule has 1 saturated heterocycles. The average Bonchev–Trinajstić information content (AvgIpc) is 3.28. The fraction of sp³-hybridized carbons (Fsp3) is 0.412. The van der Waals surface area contributed by atoms with Crippen molar-refractivity contribution in [1.82, 2.24) is 24.5 Å². The highest BCUT2D eigenvalue weighted by Gasteiger charge is 2.31. The van der Waals surface area contributed by atoms with Crippen LogP contribution in [0.2, 0.25) is 0 Å². The predicted molar refractivity (Wildman–Crippen MR) is 98.3 cm³/mol. The Bertz CT molecular complexity index is 973. The van der Waals surface area contributed by atoms with Crippen molar-refractivity contribution >= 4 is 28.0 Å². The quantitative estimate of drug-likeness (QED) is 0.720. The average molecular weight is 390 g/mol. The number of aromatic nitrogens is 4. The minimum atomic E-state index is -0.530. The first-order valence-electron chi connectivity index (χ1n) is 8.61. The lowest BCUT2D eigenvalue weighted by Crippen LogP contribution is -2.28. The molecule has 10 heteroatoms. The second-order valence-corrected chi connectivity index (χ2v) is 7.71. The van der Waals surface area contributed by atoms with Gasteiger partial charge in [-0.2, -0.15) is 9.37 Å². The second kappa shape index (κ2) is 7.20. The van der Waals surface area contributed by atoms with Gasteiger partial charge in [-0.1, -0.05) is 11.3 Å². The van der Waals surface area contributed by atoms with Gasteiger partial charge < -0.3 is 10.1 Å². The van der Waals surface area contributed by atoms with Gasteiger partial charge in [0, 0.05) is 44.7 Å². The van der Waals surface area contributed by atoms with Crippen LogP contribution in [0.1, 0.15) is 25.1 Å². The van der Waals surface area contributed by atoms with E-state index in [1.165, 1.54) is 18.3 Å². The Labute approximate surface area is 159 Å². The molecule has 2 unspecified atom stereocenters. The van der Waals surface area contributed by atoms with Crippen LogP contribution in [0.4, 0.5) is 9.52 Å². The van der Waals surface area contributed by atoms with Gasteiger partial charge >= 0.3 is 0 Å². The summed E-state index contributed by atoms with van der Waals surface area (Å²) in [6.07, 6.45) is 4.35. The zero-order valence-corrected chi connectivity index (χ0v) is 15.7. The van der Waals surface area contributed by atoms with Gasteiger partial charge in [0.25, 0.3) is 0 Å². The molecule has 1 aliphatic heterocycles. The molecule has 8 nitrogen and oxygen atoms in total. The molecule has 1 fully saturated rings. The van der Waals surface area contributed by atoms with E-state index in [2.05, 4.69) is 32.3 Å². The number of anilines is 1. The lowest BCUT2D eigenvalue weighted by Gasteiger charge is -2.19. The van der Waals surface area contributed by atoms with Crippen molar-refractivity contribution in [2.24, 2.45) is 0 Å². The van der Waals surface area contributed by atoms with Gasteiger partial charge in [-0.3, -0.25) is 14.1 Å². The molecule has 0 aromatic carbocycles. The minimum Gasteiger partial charge on any atom is -0.489 e. The van der Waals surface area contributed by atoms with Crippen LogP contribution < -0.4 is 10.1 Å². The molecular formula is C17H19FN6O2S. The monoisotopic (exact) mass is 390 g/mol. The van der Waals surface area contributed by atoms with E-state index in [-0.39, 0.29) is 23.2 Å². The number of pyridine rings is 1. The molecule has 2 atom stereocenters. The van der Waals surface area contributed by atoms with Crippen LogP contribution in [0.5, 0.6) is 5.75 Å². The molecule has 0 spiro atoms. The van der Waals surface area contributed by atoms with Crippen molar-refractivity contribution in [2.45, 2.75) is 39.0 Å². The van der Waals surface area contributed by atoms with Crippen LogP contribution in [0, 0.1) is 5.95 Å². The maximum Gasteiger partial charge on any atom is 0.230 e. The van der Waals surface area contributed by atoms with Crippen molar-refractivity contribution in [2.75, 3.05) is 11.9 Å². The zero-order valence-electron chi connectivity index (χ0n) is 14.9. The maximum atomic E-state index is 14.1. The zero-order chi connectivity index (χ0) is 19.0. The largest absolute Gasteiger partial charge is 0.489 e. The Hall–Kier alpha value is -2.59. The molecule has 1 N–H and O–H groups in total. The lowest BCUT2D eigenvalue weighted by molar-refractivity contribution is -0.114. The van der Waals surface area contributed by atoms with Crippen molar-refractivity contribution in [3.05, 3.63) is 35.5 Å². The van der Waals surface area contributed by atoms with Gasteiger partial charge in [-0.05, 0) is 13.0 Å². The standard InChI is InChI=1S/C17H19FN6O2S/c1-10-5-13(26-12-3-4-23-9-19-22-15(23)6-12)7-24(10)8-14-16(18)21-17(27-14)20-11(2)25/h3-4,6,9-10,13H,5,7-8H2,1-2H3,(H,20,21,25). The van der Waals surface area contributed by atoms with Crippen LogP contribution in [-0.2, 0) is 11.3 Å². The number of nitrogens with one attached hydrogen (secondary N) is 1. The number of halogens is 1. The first-order chi connectivity index (χ1) is 13.0. The number of hydrogen-bond acceptors (Lipinski definition) is 7. The molecule has 1 aliphatic rings. The van der Waals surface area contributed by atoms with Gasteiger partial charge in [0.2, 0.25) is 11.9 Å². The lowest BCUT2D eigenvalue weighted by atomic mass is 10.2. The number of likely N-dealkylation sites (tertiary alicyclic amines) is 1. The first-order valence-corrected chi connectivity index (χ1v) is 9.42. The Kier molecular flexibility index (Phi) is 4.75. The highest BCUT2D eigenvalue weighted by Crippen LogP contribution is 2.29. The van der Waals surface area contributed by atoms with Crippen LogP contribution in [0.15, 0.2) is 24.7 Å². The number of carbonyl (C=O) groups excluding carboxylic acids is 1. The second-order valence-electron chi connectivity index (χ2n) is 6.63. The van der Waals surface area contributed by atoms with E-state index >= 15 is 0 Å². The Morgan fingerprint density at radius 2 is 2.37 bits per heavy atom. The van der Waals surface area contributed by atoms with E-state index in [1.807, 2.05) is 22.7 Å². The summed E-state index contributed by atoms with van der Waals surface area (Å²) in [5.41, 5.74) is 0.729. The van der Waals surface area contributed by atoms with E-state index < -0.39 is 5.95 Å². The summed E-state index contributed by atoms with van der Waals surface area (Å²) in [6, 6.07) is 3.98. The fourth-order valence-electron chi connectivity index (χ4n) is 3.24. The Morgan fingerprint density at radius 1 is 1.52 bits per heavy atom. The molecule has 3 aromatic heterocycles. The summed E-state index contributed by atoms with van der Waals surface area (Å²) in [6.45, 7) is 4.60. The van der Waals surface area contributed by atoms with Gasteiger partial charge in [0.1, 0.15) is 18.2 Å². The maximum absolute atomic E-state index is 14.1. The van der Waals surface area contributed by atoms with Gasteiger partial charge in [-0.15, -0.1) is 10.2 Å². The number of hydrogen-bond donors (Lipinski definition) is 1. The smallest absolute Gasteiger partial charge is 0.230 e. The molecule has 142 valence electrons. The van der Waals surface area contributed by atoms with E-state index in [1.54, 1.807) is 6.33 Å². The summed E-state index contributed by atoms with van der Waals surface area (Å²) in [4.78, 5) is 17.6. The molecule has 0 radical (unpaired) electrons. The molecule has 27 heavy (non-hydrogen) atoms. The van der Waals surface area contributed by atoms with Crippen LogP contribution >= 0.6 is 11.3 Å². The number of thiazole rings is 1. The molecule has 0 saturated carbocycles. The third kappa shape index (κ3) is 3.91. The van der Waals surface area contributed by atoms with Gasteiger partial charge in [0.05, 0.1) is 4.88 Å². The highest BCUT2D eigenvalue weighted by atomic mass is 32.1. The third-order valence-corrected chi connectivity index (χ3v) is 5.45. The summed E-state index contributed by atoms with van der Waals surface area (Å²) < 4.78 is 22.0. The van der Waals surface area contributed by atoms with Crippen LogP contribution in [-0.4, -0.2) is 49.1 Å². The minimum absolute atomic E-state index is 0.0103. The number of rotatable bonds is 5. The van der Waals surface area contributed by atoms with Gasteiger partial charge in [-0.25, -0.2) is 0 Å². The van der Waals surface area contributed by atoms with E-state index in [0.717, 1.165) is 17.8 Å². The van der Waals surface area contributed by atoms with Crippen LogP contribution in [0.25, 0.3) is 5.65 Å². The van der Waals surface area contributed by atoms with E-state index in [9.17, 15) is 9.18 Å². The van der Waals surface area contributed by atoms with Crippen molar-refractivity contribution in [3.63, 3.8) is 0 Å². The fourth-order valence-corrected chi connectivity index (χ4v) is 4.15. The number of fused-ring (bicyclic) bond motifs is 1. The van der Waals surface area contributed by atoms with Crippen LogP contribution in [0.3, 0.4) is 0 Å². The molecule has 0 bridgehead atoms. The SMILES string of the molecule is CC(=O)Nc1nc(F)c(CN2CC(Oc3ccn4cnnc4c3)CC2C)s1. The summed E-state index contributed by atoms with van der Waals surface area (Å²) in [5.74, 6) is -0.0491. The summed E-state index contributed by atoms with van der Waals surface area (Å²) in [5, 5.41) is 10.7. The van der Waals surface area contributed by atoms with Gasteiger partial charge in [0.15, 0.2) is 10.8 Å². The third-order valence-electron chi connectivity index (χ3n) is 4.52. The number of amides is 1. The number of carbonyl (C=O) groups is 1. The predicted octanol–water partition coefficient (Wildman–Crippen LogP) is 2.33. The highest BCUT2D eigenvalue weighted by molar-refractivity contribution is 7.15. The Morgan fingerprint density at radius 3 is 3.19 bits per heavy atom. The number of ether oxygens (including phenoxy) is 1. The first kappa shape index (κ1) is 17.8. The van der Waals surface area contributed by atoms with Crippen molar-refractivity contribution in [3.8, 4) is 5.75 Å². The molecule has 0 aliphatic carbocycles. The number of nitrogens with zero attached hydrogens (tertiary/aromatic N) is 5.